The maximum Gasteiger partial charge on any atom is 0.340 e. The third-order valence-corrected chi connectivity index (χ3v) is 5.51. The molecular formula is C27H25N3O5. The second kappa shape index (κ2) is 9.80. The van der Waals surface area contributed by atoms with Gasteiger partial charge in [0.05, 0.1) is 34.4 Å². The number of amides is 1. The van der Waals surface area contributed by atoms with E-state index in [2.05, 4.69) is 5.32 Å². The van der Waals surface area contributed by atoms with Gasteiger partial charge in [-0.15, -0.1) is 0 Å². The largest absolute Gasteiger partial charge is 0.462 e. The van der Waals surface area contributed by atoms with Gasteiger partial charge >= 0.3 is 11.7 Å². The summed E-state index contributed by atoms with van der Waals surface area (Å²) in [7, 11) is 0. The van der Waals surface area contributed by atoms with Gasteiger partial charge in [-0.25, -0.2) is 14.2 Å². The predicted octanol–water partition coefficient (Wildman–Crippen LogP) is 3.58. The average molecular weight is 472 g/mol. The Morgan fingerprint density at radius 2 is 1.57 bits per heavy atom. The normalized spacial score (nSPS) is 10.8. The van der Waals surface area contributed by atoms with E-state index >= 15 is 0 Å². The van der Waals surface area contributed by atoms with Crippen molar-refractivity contribution in [2.45, 2.75) is 27.3 Å². The van der Waals surface area contributed by atoms with Gasteiger partial charge in [0.1, 0.15) is 6.54 Å². The van der Waals surface area contributed by atoms with E-state index in [-0.39, 0.29) is 24.4 Å². The summed E-state index contributed by atoms with van der Waals surface area (Å²) in [4.78, 5) is 52.1. The Bertz CT molecular complexity index is 1550. The summed E-state index contributed by atoms with van der Waals surface area (Å²) >= 11 is 0. The number of aryl methyl sites for hydroxylation is 2. The number of nitrogens with one attached hydrogen (secondary N) is 1. The van der Waals surface area contributed by atoms with Crippen LogP contribution in [0, 0.1) is 13.8 Å². The summed E-state index contributed by atoms with van der Waals surface area (Å²) in [6.07, 6.45) is 0. The van der Waals surface area contributed by atoms with Crippen LogP contribution in [-0.2, 0) is 16.1 Å². The molecule has 0 spiro atoms. The SMILES string of the molecule is CCOC(=O)c1ccccc1NC(=O)Cn1c(=O)n(-c2cc(C)cc(C)c2)c(=O)c2ccccc21. The maximum absolute atomic E-state index is 13.5. The minimum atomic E-state index is -0.632. The Labute approximate surface area is 201 Å². The average Bonchev–Trinajstić information content (AvgIpc) is 2.82. The van der Waals surface area contributed by atoms with Crippen LogP contribution >= 0.6 is 0 Å². The van der Waals surface area contributed by atoms with E-state index in [1.54, 1.807) is 67.6 Å². The molecule has 3 aromatic carbocycles. The predicted molar refractivity (Wildman–Crippen MR) is 134 cm³/mol. The minimum absolute atomic E-state index is 0.197. The van der Waals surface area contributed by atoms with Gasteiger partial charge in [0.2, 0.25) is 5.91 Å². The number of fused-ring (bicyclic) bond motifs is 1. The molecule has 0 aliphatic heterocycles. The molecule has 0 atom stereocenters. The quantitative estimate of drug-likeness (QED) is 0.434. The maximum atomic E-state index is 13.5. The van der Waals surface area contributed by atoms with Crippen molar-refractivity contribution in [1.82, 2.24) is 9.13 Å². The molecule has 8 heteroatoms. The van der Waals surface area contributed by atoms with Gasteiger partial charge in [-0.2, -0.15) is 0 Å². The molecule has 0 saturated heterocycles. The number of anilines is 1. The van der Waals surface area contributed by atoms with Gasteiger partial charge in [-0.3, -0.25) is 14.2 Å². The highest BCUT2D eigenvalue weighted by atomic mass is 16.5. The smallest absolute Gasteiger partial charge is 0.340 e. The molecule has 0 aliphatic rings. The van der Waals surface area contributed by atoms with Crippen LogP contribution in [0.2, 0.25) is 0 Å². The van der Waals surface area contributed by atoms with E-state index in [9.17, 15) is 19.2 Å². The molecule has 1 amide bonds. The van der Waals surface area contributed by atoms with Crippen LogP contribution in [0.4, 0.5) is 5.69 Å². The van der Waals surface area contributed by atoms with E-state index in [0.717, 1.165) is 15.7 Å². The van der Waals surface area contributed by atoms with Crippen molar-refractivity contribution >= 4 is 28.5 Å². The van der Waals surface area contributed by atoms with Gasteiger partial charge in [0.15, 0.2) is 0 Å². The van der Waals surface area contributed by atoms with Crippen molar-refractivity contribution in [3.8, 4) is 5.69 Å². The van der Waals surface area contributed by atoms with Crippen LogP contribution in [0.15, 0.2) is 76.3 Å². The topological polar surface area (TPSA) is 99.4 Å². The molecular weight excluding hydrogens is 446 g/mol. The summed E-state index contributed by atoms with van der Waals surface area (Å²) in [6.45, 7) is 5.30. The monoisotopic (exact) mass is 471 g/mol. The summed E-state index contributed by atoms with van der Waals surface area (Å²) in [5, 5.41) is 3.01. The number of rotatable bonds is 6. The standard InChI is InChI=1S/C27H25N3O5/c1-4-35-26(33)20-9-5-7-11-22(20)28-24(31)16-29-23-12-8-6-10-21(23)25(32)30(27(29)34)19-14-17(2)13-18(3)15-19/h5-15H,4,16H2,1-3H3,(H,28,31). The second-order valence-corrected chi connectivity index (χ2v) is 8.19. The lowest BCUT2D eigenvalue weighted by molar-refractivity contribution is -0.116. The number of esters is 1. The van der Waals surface area contributed by atoms with Crippen molar-refractivity contribution in [2.24, 2.45) is 0 Å². The summed E-state index contributed by atoms with van der Waals surface area (Å²) in [5.41, 5.74) is 1.98. The molecule has 4 rings (SSSR count). The highest BCUT2D eigenvalue weighted by molar-refractivity contribution is 6.01. The fourth-order valence-corrected chi connectivity index (χ4v) is 4.09. The zero-order valence-corrected chi connectivity index (χ0v) is 19.7. The number of carbonyl (C=O) groups excluding carboxylic acids is 2. The number of para-hydroxylation sites is 2. The molecule has 0 bridgehead atoms. The van der Waals surface area contributed by atoms with Crippen molar-refractivity contribution in [3.63, 3.8) is 0 Å². The van der Waals surface area contributed by atoms with E-state index < -0.39 is 23.1 Å². The summed E-state index contributed by atoms with van der Waals surface area (Å²) in [5.74, 6) is -1.09. The number of hydrogen-bond acceptors (Lipinski definition) is 5. The number of aromatic nitrogens is 2. The summed E-state index contributed by atoms with van der Waals surface area (Å²) in [6, 6.07) is 18.6. The third kappa shape index (κ3) is 4.77. The van der Waals surface area contributed by atoms with Crippen LogP contribution in [0.1, 0.15) is 28.4 Å². The Kier molecular flexibility index (Phi) is 6.64. The molecule has 1 heterocycles. The molecule has 178 valence electrons. The van der Waals surface area contributed by atoms with Gasteiger partial charge in [-0.1, -0.05) is 30.3 Å². The van der Waals surface area contributed by atoms with E-state index in [0.29, 0.717) is 16.6 Å². The first-order valence-electron chi connectivity index (χ1n) is 11.2. The molecule has 1 N–H and O–H groups in total. The molecule has 1 aromatic heterocycles. The first-order valence-corrected chi connectivity index (χ1v) is 11.2. The highest BCUT2D eigenvalue weighted by Crippen LogP contribution is 2.17. The lowest BCUT2D eigenvalue weighted by Crippen LogP contribution is -2.41. The van der Waals surface area contributed by atoms with Crippen molar-refractivity contribution in [3.05, 3.63) is 104 Å². The molecule has 35 heavy (non-hydrogen) atoms. The van der Waals surface area contributed by atoms with Crippen molar-refractivity contribution in [1.29, 1.82) is 0 Å². The van der Waals surface area contributed by atoms with E-state index in [1.165, 1.54) is 4.57 Å². The fraction of sp³-hybridized carbons (Fsp3) is 0.185. The van der Waals surface area contributed by atoms with E-state index in [1.807, 2.05) is 19.9 Å². The van der Waals surface area contributed by atoms with Crippen molar-refractivity contribution < 1.29 is 14.3 Å². The number of ether oxygens (including phenoxy) is 1. The number of carbonyl (C=O) groups is 2. The number of nitrogens with zero attached hydrogens (tertiary/aromatic N) is 2. The Morgan fingerprint density at radius 3 is 2.29 bits per heavy atom. The number of benzene rings is 3. The lowest BCUT2D eigenvalue weighted by Gasteiger charge is -2.15. The van der Waals surface area contributed by atoms with Crippen LogP contribution in [-0.4, -0.2) is 27.6 Å². The molecule has 8 nitrogen and oxygen atoms in total. The Morgan fingerprint density at radius 1 is 0.914 bits per heavy atom. The second-order valence-electron chi connectivity index (χ2n) is 8.19. The number of hydrogen-bond donors (Lipinski definition) is 1. The van der Waals surface area contributed by atoms with Crippen LogP contribution in [0.5, 0.6) is 0 Å². The van der Waals surface area contributed by atoms with Crippen LogP contribution < -0.4 is 16.6 Å². The minimum Gasteiger partial charge on any atom is -0.462 e. The third-order valence-electron chi connectivity index (χ3n) is 5.51. The molecule has 4 aromatic rings. The lowest BCUT2D eigenvalue weighted by atomic mass is 10.1. The molecule has 0 aliphatic carbocycles. The zero-order valence-electron chi connectivity index (χ0n) is 19.7. The van der Waals surface area contributed by atoms with Gasteiger partial charge in [-0.05, 0) is 68.3 Å². The summed E-state index contributed by atoms with van der Waals surface area (Å²) < 4.78 is 7.40. The Hall–Kier alpha value is -4.46. The van der Waals surface area contributed by atoms with E-state index in [4.69, 9.17) is 4.74 Å². The van der Waals surface area contributed by atoms with Gasteiger partial charge in [0.25, 0.3) is 5.56 Å². The van der Waals surface area contributed by atoms with Gasteiger partial charge in [0, 0.05) is 0 Å². The molecule has 0 saturated carbocycles. The first-order chi connectivity index (χ1) is 16.8. The first kappa shape index (κ1) is 23.7. The highest BCUT2D eigenvalue weighted by Gasteiger charge is 2.19. The van der Waals surface area contributed by atoms with Crippen LogP contribution in [0.25, 0.3) is 16.6 Å². The zero-order chi connectivity index (χ0) is 25.1. The molecule has 0 fully saturated rings. The molecule has 0 unspecified atom stereocenters. The van der Waals surface area contributed by atoms with Crippen molar-refractivity contribution in [2.75, 3.05) is 11.9 Å². The Balaban J connectivity index is 1.79. The van der Waals surface area contributed by atoms with Crippen LogP contribution in [0.3, 0.4) is 0 Å². The fourth-order valence-electron chi connectivity index (χ4n) is 4.09. The molecule has 0 radical (unpaired) electrons. The van der Waals surface area contributed by atoms with Gasteiger partial charge < -0.3 is 10.1 Å².